The van der Waals surface area contributed by atoms with Crippen LogP contribution < -0.4 is 15.5 Å². The summed E-state index contributed by atoms with van der Waals surface area (Å²) in [6.07, 6.45) is 0.841. The Morgan fingerprint density at radius 1 is 1.20 bits per heavy atom. The normalized spacial score (nSPS) is 14.3. The number of halogens is 2. The van der Waals surface area contributed by atoms with E-state index in [-0.39, 0.29) is 42.2 Å². The van der Waals surface area contributed by atoms with Crippen LogP contribution in [0.15, 0.2) is 29.3 Å². The van der Waals surface area contributed by atoms with E-state index < -0.39 is 0 Å². The molecule has 0 aliphatic carbocycles. The Labute approximate surface area is 197 Å². The number of hydrogen-bond acceptors (Lipinski definition) is 6. The van der Waals surface area contributed by atoms with E-state index in [4.69, 9.17) is 0 Å². The minimum Gasteiger partial charge on any atom is -0.357 e. The van der Waals surface area contributed by atoms with Gasteiger partial charge in [0.2, 0.25) is 11.0 Å². The van der Waals surface area contributed by atoms with Crippen LogP contribution >= 0.6 is 35.5 Å². The van der Waals surface area contributed by atoms with Gasteiger partial charge in [-0.3, -0.25) is 4.79 Å². The van der Waals surface area contributed by atoms with Gasteiger partial charge < -0.3 is 20.4 Å². The van der Waals surface area contributed by atoms with Gasteiger partial charge in [-0.1, -0.05) is 6.92 Å². The van der Waals surface area contributed by atoms with E-state index >= 15 is 0 Å². The highest BCUT2D eigenvalue weighted by Crippen LogP contribution is 2.19. The highest BCUT2D eigenvalue weighted by atomic mass is 127. The van der Waals surface area contributed by atoms with Gasteiger partial charge in [-0.25, -0.2) is 14.4 Å². The average molecular weight is 547 g/mol. The molecule has 1 aliphatic rings. The third-order valence-electron chi connectivity index (χ3n) is 4.46. The molecule has 11 heteroatoms. The zero-order chi connectivity index (χ0) is 20.6. The van der Waals surface area contributed by atoms with Gasteiger partial charge in [0.05, 0.1) is 0 Å². The summed E-state index contributed by atoms with van der Waals surface area (Å²) in [6.45, 7) is 7.98. The van der Waals surface area contributed by atoms with Crippen LogP contribution in [0.4, 0.5) is 15.2 Å². The van der Waals surface area contributed by atoms with Crippen LogP contribution in [0.1, 0.15) is 19.7 Å². The molecule has 2 heterocycles. The van der Waals surface area contributed by atoms with Crippen LogP contribution in [-0.2, 0) is 11.2 Å². The van der Waals surface area contributed by atoms with Crippen molar-refractivity contribution in [2.24, 2.45) is 4.99 Å². The van der Waals surface area contributed by atoms with Crippen LogP contribution in [0.3, 0.4) is 0 Å². The number of aromatic nitrogens is 2. The molecule has 8 nitrogen and oxygen atoms in total. The minimum atomic E-state index is -0.339. The monoisotopic (exact) mass is 547 g/mol. The molecule has 0 radical (unpaired) electrons. The van der Waals surface area contributed by atoms with Crippen molar-refractivity contribution in [3.05, 3.63) is 35.9 Å². The number of rotatable bonds is 6. The number of guanidine groups is 1. The van der Waals surface area contributed by atoms with Crippen molar-refractivity contribution in [2.45, 2.75) is 20.3 Å². The van der Waals surface area contributed by atoms with Crippen molar-refractivity contribution in [1.82, 2.24) is 19.6 Å². The number of anilines is 2. The lowest BCUT2D eigenvalue weighted by molar-refractivity contribution is -0.114. The Morgan fingerprint density at radius 2 is 1.90 bits per heavy atom. The number of carbonyl (C=O) groups excluding carboxylic acids is 1. The maximum absolute atomic E-state index is 13.0. The van der Waals surface area contributed by atoms with Crippen molar-refractivity contribution in [2.75, 3.05) is 49.5 Å². The lowest BCUT2D eigenvalue weighted by atomic mass is 10.3. The molecular formula is C19H27FIN7OS. The predicted molar refractivity (Wildman–Crippen MR) is 129 cm³/mol. The zero-order valence-corrected chi connectivity index (χ0v) is 20.2. The number of nitrogens with zero attached hydrogens (tertiary/aromatic N) is 5. The summed E-state index contributed by atoms with van der Waals surface area (Å²) in [6, 6.07) is 5.67. The summed E-state index contributed by atoms with van der Waals surface area (Å²) in [5.74, 6) is 1.02. The Bertz CT molecular complexity index is 838. The maximum atomic E-state index is 13.0. The molecule has 1 amide bonds. The standard InChI is InChI=1S/C19H26FN7OS.HI/c1-3-16-24-19(29-25-16)27-11-9-26(10-12-27)18(21-4-2)22-13-17(28)23-15-7-5-14(20)6-8-15;/h5-8H,3-4,9-13H2,1-2H3,(H,21,22)(H,23,28);1H. The number of amides is 1. The first kappa shape index (κ1) is 24.3. The van der Waals surface area contributed by atoms with E-state index in [1.54, 1.807) is 0 Å². The number of aryl methyl sites for hydroxylation is 1. The van der Waals surface area contributed by atoms with Crippen molar-refractivity contribution in [1.29, 1.82) is 0 Å². The average Bonchev–Trinajstić information content (AvgIpc) is 3.22. The summed E-state index contributed by atoms with van der Waals surface area (Å²) in [7, 11) is 0. The molecule has 0 bridgehead atoms. The van der Waals surface area contributed by atoms with Gasteiger partial charge in [-0.05, 0) is 31.2 Å². The number of aliphatic imine (C=N–C) groups is 1. The van der Waals surface area contributed by atoms with Gasteiger partial charge in [0.15, 0.2) is 5.96 Å². The van der Waals surface area contributed by atoms with Gasteiger partial charge in [0, 0.05) is 56.4 Å². The zero-order valence-electron chi connectivity index (χ0n) is 17.1. The quantitative estimate of drug-likeness (QED) is 0.329. The highest BCUT2D eigenvalue weighted by molar-refractivity contribution is 14.0. The first-order valence-corrected chi connectivity index (χ1v) is 10.5. The second-order valence-electron chi connectivity index (χ2n) is 6.55. The number of nitrogens with one attached hydrogen (secondary N) is 2. The van der Waals surface area contributed by atoms with Crippen molar-refractivity contribution < 1.29 is 9.18 Å². The number of hydrogen-bond donors (Lipinski definition) is 2. The van der Waals surface area contributed by atoms with Crippen LogP contribution in [0, 0.1) is 5.82 Å². The topological polar surface area (TPSA) is 85.8 Å². The van der Waals surface area contributed by atoms with Crippen LogP contribution in [0.25, 0.3) is 0 Å². The Morgan fingerprint density at radius 3 is 2.50 bits per heavy atom. The smallest absolute Gasteiger partial charge is 0.246 e. The summed E-state index contributed by atoms with van der Waals surface area (Å²) in [4.78, 5) is 25.6. The van der Waals surface area contributed by atoms with Gasteiger partial charge in [-0.15, -0.1) is 24.0 Å². The lowest BCUT2D eigenvalue weighted by Gasteiger charge is -2.36. The Hall–Kier alpha value is -2.02. The molecule has 1 aromatic carbocycles. The molecule has 0 spiro atoms. The van der Waals surface area contributed by atoms with Gasteiger partial charge in [0.25, 0.3) is 0 Å². The summed E-state index contributed by atoms with van der Waals surface area (Å²) < 4.78 is 17.3. The second kappa shape index (κ2) is 12.0. The summed E-state index contributed by atoms with van der Waals surface area (Å²) >= 11 is 1.44. The fourth-order valence-electron chi connectivity index (χ4n) is 2.93. The van der Waals surface area contributed by atoms with Crippen molar-refractivity contribution in [3.63, 3.8) is 0 Å². The van der Waals surface area contributed by atoms with E-state index in [0.29, 0.717) is 11.6 Å². The van der Waals surface area contributed by atoms with Crippen LogP contribution in [0.5, 0.6) is 0 Å². The molecule has 1 aliphatic heterocycles. The second-order valence-corrected chi connectivity index (χ2v) is 7.28. The predicted octanol–water partition coefficient (Wildman–Crippen LogP) is 2.58. The minimum absolute atomic E-state index is 0. The molecule has 1 fully saturated rings. The summed E-state index contributed by atoms with van der Waals surface area (Å²) in [5.41, 5.74) is 0.550. The first-order valence-electron chi connectivity index (χ1n) is 9.75. The molecule has 30 heavy (non-hydrogen) atoms. The fourth-order valence-corrected chi connectivity index (χ4v) is 3.73. The Balaban J connectivity index is 0.00000320. The SMILES string of the molecule is CCNC(=NCC(=O)Nc1ccc(F)cc1)N1CCN(c2nc(CC)ns2)CC1.I. The molecule has 0 atom stereocenters. The molecule has 0 unspecified atom stereocenters. The summed E-state index contributed by atoms with van der Waals surface area (Å²) in [5, 5.41) is 6.93. The van der Waals surface area contributed by atoms with Crippen LogP contribution in [0.2, 0.25) is 0 Å². The molecule has 1 saturated heterocycles. The number of piperazine rings is 1. The third kappa shape index (κ3) is 6.76. The third-order valence-corrected chi connectivity index (χ3v) is 5.27. The highest BCUT2D eigenvalue weighted by Gasteiger charge is 2.22. The molecular weight excluding hydrogens is 520 g/mol. The largest absolute Gasteiger partial charge is 0.357 e. The lowest BCUT2D eigenvalue weighted by Crippen LogP contribution is -2.52. The van der Waals surface area contributed by atoms with E-state index in [9.17, 15) is 9.18 Å². The van der Waals surface area contributed by atoms with Gasteiger partial charge >= 0.3 is 0 Å². The van der Waals surface area contributed by atoms with E-state index in [1.165, 1.54) is 35.8 Å². The van der Waals surface area contributed by atoms with E-state index in [1.807, 2.05) is 6.92 Å². The van der Waals surface area contributed by atoms with Crippen molar-refractivity contribution >= 4 is 58.2 Å². The molecule has 164 valence electrons. The van der Waals surface area contributed by atoms with E-state index in [2.05, 4.69) is 41.7 Å². The van der Waals surface area contributed by atoms with Gasteiger partial charge in [-0.2, -0.15) is 4.37 Å². The molecule has 1 aromatic heterocycles. The molecule has 2 N–H and O–H groups in total. The molecule has 3 rings (SSSR count). The van der Waals surface area contributed by atoms with Crippen molar-refractivity contribution in [3.8, 4) is 0 Å². The van der Waals surface area contributed by atoms with Gasteiger partial charge in [0.1, 0.15) is 18.2 Å². The van der Waals surface area contributed by atoms with E-state index in [0.717, 1.165) is 50.1 Å². The fraction of sp³-hybridized carbons (Fsp3) is 0.474. The number of carbonyl (C=O) groups is 1. The number of benzene rings is 1. The Kier molecular flexibility index (Phi) is 9.69. The first-order chi connectivity index (χ1) is 14.1. The molecule has 0 saturated carbocycles. The molecule has 2 aromatic rings. The van der Waals surface area contributed by atoms with Crippen LogP contribution in [-0.4, -0.2) is 65.4 Å². The maximum Gasteiger partial charge on any atom is 0.246 e.